The zero-order chi connectivity index (χ0) is 14.7. The van der Waals surface area contributed by atoms with Crippen molar-refractivity contribution in [3.05, 3.63) is 12.0 Å². The molecule has 6 heteroatoms. The van der Waals surface area contributed by atoms with Gasteiger partial charge in [-0.25, -0.2) is 9.97 Å². The Kier molecular flexibility index (Phi) is 4.54. The maximum atomic E-state index is 5.99. The van der Waals surface area contributed by atoms with Gasteiger partial charge in [0.25, 0.3) is 0 Å². The van der Waals surface area contributed by atoms with Crippen LogP contribution in [0.5, 0.6) is 0 Å². The van der Waals surface area contributed by atoms with Crippen LogP contribution in [0.1, 0.15) is 33.0 Å². The third-order valence-corrected chi connectivity index (χ3v) is 3.75. The number of rotatable bonds is 6. The van der Waals surface area contributed by atoms with Gasteiger partial charge in [0.05, 0.1) is 18.1 Å². The minimum Gasteiger partial charge on any atom is -0.383 e. The molecule has 0 fully saturated rings. The van der Waals surface area contributed by atoms with E-state index in [1.165, 1.54) is 6.42 Å². The average molecular weight is 276 g/mol. The van der Waals surface area contributed by atoms with Crippen LogP contribution in [0.25, 0.3) is 11.0 Å². The highest BCUT2D eigenvalue weighted by atomic mass is 15.3. The van der Waals surface area contributed by atoms with Gasteiger partial charge in [-0.2, -0.15) is 5.10 Å². The molecule has 0 saturated carbocycles. The monoisotopic (exact) mass is 276 g/mol. The summed E-state index contributed by atoms with van der Waals surface area (Å²) in [6.07, 6.45) is 2.89. The maximum absolute atomic E-state index is 5.99. The number of fused-ring (bicyclic) bond motifs is 1. The lowest BCUT2D eigenvalue weighted by molar-refractivity contribution is 0.233. The number of anilines is 1. The Morgan fingerprint density at radius 2 is 2.10 bits per heavy atom. The van der Waals surface area contributed by atoms with Crippen LogP contribution in [-0.4, -0.2) is 37.7 Å². The van der Waals surface area contributed by atoms with E-state index in [4.69, 9.17) is 5.73 Å². The van der Waals surface area contributed by atoms with Gasteiger partial charge >= 0.3 is 0 Å². The number of aromatic nitrogens is 4. The fourth-order valence-electron chi connectivity index (χ4n) is 2.24. The largest absolute Gasteiger partial charge is 0.383 e. The van der Waals surface area contributed by atoms with E-state index in [2.05, 4.69) is 40.7 Å². The molecule has 0 aromatic carbocycles. The van der Waals surface area contributed by atoms with E-state index in [9.17, 15) is 0 Å². The van der Waals surface area contributed by atoms with Crippen molar-refractivity contribution in [3.63, 3.8) is 0 Å². The van der Waals surface area contributed by atoms with Crippen molar-refractivity contribution < 1.29 is 0 Å². The van der Waals surface area contributed by atoms with Gasteiger partial charge in [0.1, 0.15) is 11.6 Å². The van der Waals surface area contributed by atoms with Crippen LogP contribution < -0.4 is 5.73 Å². The molecule has 0 aliphatic carbocycles. The van der Waals surface area contributed by atoms with Gasteiger partial charge in [-0.3, -0.25) is 9.58 Å². The number of nitrogen functional groups attached to an aromatic ring is 1. The van der Waals surface area contributed by atoms with Crippen LogP contribution >= 0.6 is 0 Å². The van der Waals surface area contributed by atoms with Gasteiger partial charge in [-0.1, -0.05) is 27.2 Å². The molecule has 2 N–H and O–H groups in total. The Labute approximate surface area is 120 Å². The van der Waals surface area contributed by atoms with Crippen molar-refractivity contribution in [3.8, 4) is 0 Å². The van der Waals surface area contributed by atoms with Crippen LogP contribution in [0.3, 0.4) is 0 Å². The number of hydrogen-bond acceptors (Lipinski definition) is 5. The molecule has 2 aromatic heterocycles. The Bertz CT molecular complexity index is 576. The molecule has 1 atom stereocenters. The Morgan fingerprint density at radius 1 is 1.35 bits per heavy atom. The third-order valence-electron chi connectivity index (χ3n) is 3.75. The first-order valence-electron chi connectivity index (χ1n) is 7.21. The molecule has 0 aliphatic heterocycles. The van der Waals surface area contributed by atoms with Crippen LogP contribution in [-0.2, 0) is 13.6 Å². The molecular weight excluding hydrogens is 252 g/mol. The molecule has 2 heterocycles. The number of aryl methyl sites for hydroxylation is 1. The van der Waals surface area contributed by atoms with Gasteiger partial charge in [-0.05, 0) is 12.5 Å². The fourth-order valence-corrected chi connectivity index (χ4v) is 2.24. The molecule has 0 aliphatic rings. The predicted molar refractivity (Wildman–Crippen MR) is 81.1 cm³/mol. The van der Waals surface area contributed by atoms with Crippen molar-refractivity contribution in [1.29, 1.82) is 0 Å². The van der Waals surface area contributed by atoms with Crippen molar-refractivity contribution in [2.24, 2.45) is 13.0 Å². The Hall–Kier alpha value is -1.69. The smallest absolute Gasteiger partial charge is 0.163 e. The molecule has 0 spiro atoms. The topological polar surface area (TPSA) is 72.9 Å². The minimum absolute atomic E-state index is 0.512. The van der Waals surface area contributed by atoms with Crippen LogP contribution in [0, 0.1) is 5.92 Å². The summed E-state index contributed by atoms with van der Waals surface area (Å²) >= 11 is 0. The Balaban J connectivity index is 2.21. The summed E-state index contributed by atoms with van der Waals surface area (Å²) in [5.74, 6) is 1.95. The SMILES string of the molecule is CCC(C)CN(CC)Cc1nc(N)c2cnn(C)c2n1. The molecule has 0 radical (unpaired) electrons. The van der Waals surface area contributed by atoms with E-state index >= 15 is 0 Å². The summed E-state index contributed by atoms with van der Waals surface area (Å²) in [5, 5.41) is 5.00. The second kappa shape index (κ2) is 6.17. The van der Waals surface area contributed by atoms with E-state index in [-0.39, 0.29) is 0 Å². The van der Waals surface area contributed by atoms with Crippen LogP contribution in [0.2, 0.25) is 0 Å². The maximum Gasteiger partial charge on any atom is 0.163 e. The lowest BCUT2D eigenvalue weighted by Crippen LogP contribution is -2.28. The molecule has 20 heavy (non-hydrogen) atoms. The molecule has 6 nitrogen and oxygen atoms in total. The molecule has 0 bridgehead atoms. The zero-order valence-electron chi connectivity index (χ0n) is 12.8. The molecule has 0 amide bonds. The average Bonchev–Trinajstić information content (AvgIpc) is 2.80. The first kappa shape index (κ1) is 14.7. The highest BCUT2D eigenvalue weighted by Crippen LogP contribution is 2.17. The van der Waals surface area contributed by atoms with Crippen LogP contribution in [0.15, 0.2) is 6.20 Å². The second-order valence-electron chi connectivity index (χ2n) is 5.37. The standard InChI is InChI=1S/C14H24N6/c1-5-10(3)8-20(6-2)9-12-17-13(15)11-7-16-19(4)14(11)18-12/h7,10H,5-6,8-9H2,1-4H3,(H2,15,17,18). The summed E-state index contributed by atoms with van der Waals surface area (Å²) in [6, 6.07) is 0. The van der Waals surface area contributed by atoms with Gasteiger partial charge in [0.2, 0.25) is 0 Å². The van der Waals surface area contributed by atoms with Crippen molar-refractivity contribution in [2.75, 3.05) is 18.8 Å². The molecule has 0 saturated heterocycles. The van der Waals surface area contributed by atoms with Gasteiger partial charge in [0, 0.05) is 13.6 Å². The molecule has 2 rings (SSSR count). The van der Waals surface area contributed by atoms with Crippen molar-refractivity contribution >= 4 is 16.9 Å². The van der Waals surface area contributed by atoms with Crippen molar-refractivity contribution in [1.82, 2.24) is 24.6 Å². The zero-order valence-corrected chi connectivity index (χ0v) is 12.8. The lowest BCUT2D eigenvalue weighted by Gasteiger charge is -2.22. The van der Waals surface area contributed by atoms with E-state index in [0.29, 0.717) is 11.7 Å². The Morgan fingerprint density at radius 3 is 2.75 bits per heavy atom. The summed E-state index contributed by atoms with van der Waals surface area (Å²) in [4.78, 5) is 11.3. The number of hydrogen-bond donors (Lipinski definition) is 1. The van der Waals surface area contributed by atoms with E-state index < -0.39 is 0 Å². The molecular formula is C14H24N6. The predicted octanol–water partition coefficient (Wildman–Crippen LogP) is 1.81. The molecule has 1 unspecified atom stereocenters. The first-order valence-corrected chi connectivity index (χ1v) is 7.21. The quantitative estimate of drug-likeness (QED) is 0.871. The first-order chi connectivity index (χ1) is 9.55. The number of nitrogens with zero attached hydrogens (tertiary/aromatic N) is 5. The minimum atomic E-state index is 0.512. The normalized spacial score (nSPS) is 13.2. The highest BCUT2D eigenvalue weighted by molar-refractivity contribution is 5.84. The highest BCUT2D eigenvalue weighted by Gasteiger charge is 2.13. The van der Waals surface area contributed by atoms with Crippen LogP contribution in [0.4, 0.5) is 5.82 Å². The molecule has 2 aromatic rings. The molecule has 110 valence electrons. The summed E-state index contributed by atoms with van der Waals surface area (Å²) in [7, 11) is 1.87. The van der Waals surface area contributed by atoms with Crippen molar-refractivity contribution in [2.45, 2.75) is 33.7 Å². The van der Waals surface area contributed by atoms with Gasteiger partial charge < -0.3 is 5.73 Å². The van der Waals surface area contributed by atoms with E-state index in [0.717, 1.165) is 36.5 Å². The lowest BCUT2D eigenvalue weighted by atomic mass is 10.1. The van der Waals surface area contributed by atoms with E-state index in [1.807, 2.05) is 7.05 Å². The van der Waals surface area contributed by atoms with Gasteiger partial charge in [0.15, 0.2) is 5.65 Å². The summed E-state index contributed by atoms with van der Waals surface area (Å²) in [6.45, 7) is 9.41. The van der Waals surface area contributed by atoms with Gasteiger partial charge in [-0.15, -0.1) is 0 Å². The number of nitrogens with two attached hydrogens (primary N) is 1. The summed E-state index contributed by atoms with van der Waals surface area (Å²) in [5.41, 5.74) is 6.79. The summed E-state index contributed by atoms with van der Waals surface area (Å²) < 4.78 is 1.74. The second-order valence-corrected chi connectivity index (χ2v) is 5.37. The third kappa shape index (κ3) is 3.07. The van der Waals surface area contributed by atoms with E-state index in [1.54, 1.807) is 10.9 Å². The fraction of sp³-hybridized carbons (Fsp3) is 0.643.